The van der Waals surface area contributed by atoms with Gasteiger partial charge in [-0.2, -0.15) is 0 Å². The third-order valence-corrected chi connectivity index (χ3v) is 2.60. The van der Waals surface area contributed by atoms with Crippen LogP contribution in [0, 0.1) is 12.3 Å². The Morgan fingerprint density at radius 3 is 2.29 bits per heavy atom. The normalized spacial score (nSPS) is 13.2. The molecule has 1 unspecified atom stereocenters. The molecule has 3 heteroatoms. The molecule has 2 N–H and O–H groups in total. The molecular weight excluding hydrogens is 214 g/mol. The van der Waals surface area contributed by atoms with E-state index in [2.05, 4.69) is 5.32 Å². The monoisotopic (exact) mass is 235 g/mol. The van der Waals surface area contributed by atoms with Gasteiger partial charge in [0.15, 0.2) is 0 Å². The van der Waals surface area contributed by atoms with Crippen molar-refractivity contribution < 1.29 is 9.90 Å². The third kappa shape index (κ3) is 4.19. The van der Waals surface area contributed by atoms with Gasteiger partial charge in [0, 0.05) is 12.0 Å². The number of aliphatic hydroxyl groups excluding tert-OH is 1. The lowest BCUT2D eigenvalue weighted by molar-refractivity contribution is -0.128. The van der Waals surface area contributed by atoms with Gasteiger partial charge in [-0.15, -0.1) is 0 Å². The minimum Gasteiger partial charge on any atom is -0.387 e. The number of hydrogen-bond acceptors (Lipinski definition) is 2. The Morgan fingerprint density at radius 1 is 1.29 bits per heavy atom. The van der Waals surface area contributed by atoms with E-state index in [9.17, 15) is 9.90 Å². The molecule has 1 atom stereocenters. The number of aryl methyl sites for hydroxylation is 1. The molecule has 0 saturated heterocycles. The van der Waals surface area contributed by atoms with E-state index < -0.39 is 11.5 Å². The number of carbonyl (C=O) groups excluding carboxylic acids is 1. The predicted octanol–water partition coefficient (Wildman–Crippen LogP) is 2.19. The molecule has 0 spiro atoms. The Morgan fingerprint density at radius 2 is 1.82 bits per heavy atom. The molecule has 1 rings (SSSR count). The first kappa shape index (κ1) is 13.7. The number of hydrogen-bond donors (Lipinski definition) is 2. The zero-order valence-corrected chi connectivity index (χ0v) is 10.9. The average Bonchev–Trinajstić information content (AvgIpc) is 2.25. The first-order chi connectivity index (χ1) is 7.80. The van der Waals surface area contributed by atoms with Crippen molar-refractivity contribution in [1.82, 2.24) is 5.32 Å². The van der Waals surface area contributed by atoms with E-state index >= 15 is 0 Å². The average molecular weight is 235 g/mol. The Bertz CT molecular complexity index is 376. The second-order valence-corrected chi connectivity index (χ2v) is 5.39. The number of rotatable bonds is 3. The van der Waals surface area contributed by atoms with Gasteiger partial charge in [0.25, 0.3) is 0 Å². The first-order valence-corrected chi connectivity index (χ1v) is 5.83. The molecule has 0 aliphatic heterocycles. The van der Waals surface area contributed by atoms with Crippen molar-refractivity contribution >= 4 is 5.91 Å². The molecule has 1 aromatic rings. The Kier molecular flexibility index (Phi) is 4.29. The maximum Gasteiger partial charge on any atom is 0.225 e. The highest BCUT2D eigenvalue weighted by atomic mass is 16.3. The highest BCUT2D eigenvalue weighted by Crippen LogP contribution is 2.15. The fraction of sp³-hybridized carbons (Fsp3) is 0.500. The zero-order valence-electron chi connectivity index (χ0n) is 10.9. The summed E-state index contributed by atoms with van der Waals surface area (Å²) in [6.07, 6.45) is -0.651. The van der Waals surface area contributed by atoms with Crippen molar-refractivity contribution in [2.75, 3.05) is 6.54 Å². The van der Waals surface area contributed by atoms with Gasteiger partial charge in [-0.1, -0.05) is 50.6 Å². The molecule has 0 aliphatic rings. The van der Waals surface area contributed by atoms with Crippen LogP contribution in [0.5, 0.6) is 0 Å². The molecule has 0 fully saturated rings. The number of nitrogens with one attached hydrogen (secondary N) is 1. The smallest absolute Gasteiger partial charge is 0.225 e. The maximum absolute atomic E-state index is 11.6. The molecule has 0 heterocycles. The van der Waals surface area contributed by atoms with Crippen LogP contribution >= 0.6 is 0 Å². The van der Waals surface area contributed by atoms with E-state index in [0.717, 1.165) is 11.1 Å². The lowest BCUT2D eigenvalue weighted by Gasteiger charge is -2.19. The first-order valence-electron chi connectivity index (χ1n) is 5.83. The van der Waals surface area contributed by atoms with Crippen LogP contribution in [0.25, 0.3) is 0 Å². The Labute approximate surface area is 103 Å². The lowest BCUT2D eigenvalue weighted by Crippen LogP contribution is -2.37. The second kappa shape index (κ2) is 5.32. The van der Waals surface area contributed by atoms with E-state index in [-0.39, 0.29) is 12.5 Å². The molecule has 3 nitrogen and oxygen atoms in total. The molecule has 0 saturated carbocycles. The molecule has 1 amide bonds. The topological polar surface area (TPSA) is 49.3 Å². The summed E-state index contributed by atoms with van der Waals surface area (Å²) in [5.41, 5.74) is 1.55. The Balaban J connectivity index is 2.53. The highest BCUT2D eigenvalue weighted by molar-refractivity contribution is 5.81. The van der Waals surface area contributed by atoms with E-state index in [1.165, 1.54) is 0 Å². The van der Waals surface area contributed by atoms with Crippen LogP contribution in [0.15, 0.2) is 24.3 Å². The summed E-state index contributed by atoms with van der Waals surface area (Å²) >= 11 is 0. The van der Waals surface area contributed by atoms with E-state index in [1.807, 2.05) is 52.0 Å². The number of aliphatic hydroxyl groups is 1. The van der Waals surface area contributed by atoms with Crippen LogP contribution in [-0.2, 0) is 4.79 Å². The molecule has 0 aromatic heterocycles. The van der Waals surface area contributed by atoms with Crippen molar-refractivity contribution in [2.24, 2.45) is 5.41 Å². The molecule has 17 heavy (non-hydrogen) atoms. The molecule has 1 aromatic carbocycles. The summed E-state index contributed by atoms with van der Waals surface area (Å²) < 4.78 is 0. The number of carbonyl (C=O) groups is 1. The van der Waals surface area contributed by atoms with Crippen LogP contribution in [0.2, 0.25) is 0 Å². The minimum absolute atomic E-state index is 0.0522. The fourth-order valence-electron chi connectivity index (χ4n) is 1.36. The number of benzene rings is 1. The fourth-order valence-corrected chi connectivity index (χ4v) is 1.36. The second-order valence-electron chi connectivity index (χ2n) is 5.39. The minimum atomic E-state index is -0.651. The molecule has 94 valence electrons. The van der Waals surface area contributed by atoms with Gasteiger partial charge in [0.05, 0.1) is 6.10 Å². The van der Waals surface area contributed by atoms with Crippen molar-refractivity contribution in [3.05, 3.63) is 35.4 Å². The van der Waals surface area contributed by atoms with E-state index in [1.54, 1.807) is 0 Å². The maximum atomic E-state index is 11.6. The van der Waals surface area contributed by atoms with Gasteiger partial charge in [-0.3, -0.25) is 4.79 Å². The SMILES string of the molecule is Cc1ccc(C(O)CNC(=O)C(C)(C)C)cc1. The quantitative estimate of drug-likeness (QED) is 0.843. The summed E-state index contributed by atoms with van der Waals surface area (Å²) in [6.45, 7) is 7.79. The standard InChI is InChI=1S/C14H21NO2/c1-10-5-7-11(8-6-10)12(16)9-15-13(17)14(2,3)4/h5-8,12,16H,9H2,1-4H3,(H,15,17). The molecule has 0 aliphatic carbocycles. The van der Waals surface area contributed by atoms with Gasteiger partial charge in [-0.25, -0.2) is 0 Å². The van der Waals surface area contributed by atoms with Crippen LogP contribution in [0.4, 0.5) is 0 Å². The summed E-state index contributed by atoms with van der Waals surface area (Å²) in [4.78, 5) is 11.6. The molecular formula is C14H21NO2. The van der Waals surface area contributed by atoms with E-state index in [0.29, 0.717) is 0 Å². The largest absolute Gasteiger partial charge is 0.387 e. The summed E-state index contributed by atoms with van der Waals surface area (Å²) in [6, 6.07) is 7.65. The lowest BCUT2D eigenvalue weighted by atomic mass is 9.95. The van der Waals surface area contributed by atoms with Crippen molar-refractivity contribution in [1.29, 1.82) is 0 Å². The van der Waals surface area contributed by atoms with E-state index in [4.69, 9.17) is 0 Å². The van der Waals surface area contributed by atoms with Gasteiger partial charge in [0.2, 0.25) is 5.91 Å². The molecule has 0 radical (unpaired) electrons. The van der Waals surface area contributed by atoms with Crippen molar-refractivity contribution in [3.63, 3.8) is 0 Å². The summed E-state index contributed by atoms with van der Waals surface area (Å²) in [5.74, 6) is -0.0522. The van der Waals surface area contributed by atoms with Crippen molar-refractivity contribution in [2.45, 2.75) is 33.8 Å². The van der Waals surface area contributed by atoms with Crippen LogP contribution in [0.3, 0.4) is 0 Å². The molecule has 0 bridgehead atoms. The zero-order chi connectivity index (χ0) is 13.1. The van der Waals surface area contributed by atoms with Gasteiger partial charge in [-0.05, 0) is 12.5 Å². The third-order valence-electron chi connectivity index (χ3n) is 2.60. The van der Waals surface area contributed by atoms with Crippen molar-refractivity contribution in [3.8, 4) is 0 Å². The van der Waals surface area contributed by atoms with Crippen LogP contribution < -0.4 is 5.32 Å². The van der Waals surface area contributed by atoms with Gasteiger partial charge in [0.1, 0.15) is 0 Å². The highest BCUT2D eigenvalue weighted by Gasteiger charge is 2.21. The van der Waals surface area contributed by atoms with Gasteiger partial charge >= 0.3 is 0 Å². The predicted molar refractivity (Wildman–Crippen MR) is 68.6 cm³/mol. The Hall–Kier alpha value is -1.35. The number of amides is 1. The van der Waals surface area contributed by atoms with Crippen LogP contribution in [-0.4, -0.2) is 17.6 Å². The summed E-state index contributed by atoms with van der Waals surface area (Å²) in [5, 5.41) is 12.7. The van der Waals surface area contributed by atoms with Gasteiger partial charge < -0.3 is 10.4 Å². The summed E-state index contributed by atoms with van der Waals surface area (Å²) in [7, 11) is 0. The van der Waals surface area contributed by atoms with Crippen LogP contribution in [0.1, 0.15) is 38.0 Å².